The number of rotatable bonds is 8. The Kier molecular flexibility index (Phi) is 6.28. The van der Waals surface area contributed by atoms with E-state index in [9.17, 15) is 0 Å². The average molecular weight is 299 g/mol. The average Bonchev–Trinajstić information content (AvgIpc) is 2.58. The molecule has 0 heterocycles. The monoisotopic (exact) mass is 299 g/mol. The maximum absolute atomic E-state index is 6.22. The van der Waals surface area contributed by atoms with Crippen molar-refractivity contribution in [1.29, 1.82) is 0 Å². The van der Waals surface area contributed by atoms with E-state index in [2.05, 4.69) is 6.92 Å². The maximum Gasteiger partial charge on any atom is 0.161 e. The van der Waals surface area contributed by atoms with Crippen LogP contribution < -0.4 is 15.2 Å². The highest BCUT2D eigenvalue weighted by Crippen LogP contribution is 2.31. The highest BCUT2D eigenvalue weighted by Gasteiger charge is 2.11. The van der Waals surface area contributed by atoms with Gasteiger partial charge in [0, 0.05) is 6.04 Å². The first-order valence-corrected chi connectivity index (χ1v) is 7.84. The Morgan fingerprint density at radius 2 is 1.82 bits per heavy atom. The first kappa shape index (κ1) is 16.4. The second kappa shape index (κ2) is 8.44. The number of hydrogen-bond donors (Lipinski definition) is 1. The first-order valence-electron chi connectivity index (χ1n) is 7.84. The molecule has 2 N–H and O–H groups in total. The molecule has 0 unspecified atom stereocenters. The second-order valence-corrected chi connectivity index (χ2v) is 5.43. The van der Waals surface area contributed by atoms with Crippen LogP contribution in [0.25, 0.3) is 0 Å². The zero-order valence-corrected chi connectivity index (χ0v) is 13.4. The molecule has 0 aliphatic heterocycles. The van der Waals surface area contributed by atoms with Crippen molar-refractivity contribution in [2.45, 2.75) is 38.8 Å². The minimum atomic E-state index is 0.0528. The molecule has 0 aliphatic carbocycles. The van der Waals surface area contributed by atoms with Crippen LogP contribution in [-0.2, 0) is 6.61 Å². The summed E-state index contributed by atoms with van der Waals surface area (Å²) in [5.41, 5.74) is 8.45. The summed E-state index contributed by atoms with van der Waals surface area (Å²) in [6, 6.07) is 16.1. The van der Waals surface area contributed by atoms with E-state index in [1.54, 1.807) is 7.11 Å². The van der Waals surface area contributed by atoms with Crippen molar-refractivity contribution < 1.29 is 9.47 Å². The third kappa shape index (κ3) is 4.50. The van der Waals surface area contributed by atoms with Crippen LogP contribution in [0.5, 0.6) is 11.5 Å². The van der Waals surface area contributed by atoms with E-state index in [-0.39, 0.29) is 6.04 Å². The minimum Gasteiger partial charge on any atom is -0.493 e. The molecule has 1 atom stereocenters. The van der Waals surface area contributed by atoms with Crippen LogP contribution in [0.2, 0.25) is 0 Å². The van der Waals surface area contributed by atoms with Gasteiger partial charge < -0.3 is 15.2 Å². The zero-order chi connectivity index (χ0) is 15.8. The summed E-state index contributed by atoms with van der Waals surface area (Å²) in [6.45, 7) is 2.70. The van der Waals surface area contributed by atoms with Gasteiger partial charge in [0.2, 0.25) is 0 Å². The summed E-state index contributed by atoms with van der Waals surface area (Å²) in [5, 5.41) is 0. The van der Waals surface area contributed by atoms with Crippen molar-refractivity contribution in [3.05, 3.63) is 59.7 Å². The lowest BCUT2D eigenvalue weighted by Crippen LogP contribution is -2.10. The van der Waals surface area contributed by atoms with E-state index in [0.29, 0.717) is 6.61 Å². The summed E-state index contributed by atoms with van der Waals surface area (Å²) in [4.78, 5) is 0. The zero-order valence-electron chi connectivity index (χ0n) is 13.4. The molecule has 22 heavy (non-hydrogen) atoms. The van der Waals surface area contributed by atoms with Gasteiger partial charge in [0.1, 0.15) is 6.61 Å². The lowest BCUT2D eigenvalue weighted by atomic mass is 10.0. The summed E-state index contributed by atoms with van der Waals surface area (Å²) < 4.78 is 11.3. The Morgan fingerprint density at radius 3 is 2.50 bits per heavy atom. The molecule has 2 aromatic rings. The van der Waals surface area contributed by atoms with Crippen molar-refractivity contribution in [3.8, 4) is 11.5 Å². The molecule has 0 saturated heterocycles. The molecule has 0 saturated carbocycles. The molecule has 0 amide bonds. The Hall–Kier alpha value is -2.00. The molecule has 0 aliphatic rings. The van der Waals surface area contributed by atoms with Crippen LogP contribution in [0.4, 0.5) is 0 Å². The predicted molar refractivity (Wildman–Crippen MR) is 90.2 cm³/mol. The van der Waals surface area contributed by atoms with Gasteiger partial charge in [-0.3, -0.25) is 0 Å². The maximum atomic E-state index is 6.22. The third-order valence-electron chi connectivity index (χ3n) is 3.72. The smallest absolute Gasteiger partial charge is 0.161 e. The number of nitrogens with two attached hydrogens (primary N) is 1. The van der Waals surface area contributed by atoms with E-state index in [1.165, 1.54) is 0 Å². The first-order chi connectivity index (χ1) is 10.7. The van der Waals surface area contributed by atoms with Gasteiger partial charge in [0.25, 0.3) is 0 Å². The fraction of sp³-hybridized carbons (Fsp3) is 0.368. The van der Waals surface area contributed by atoms with Gasteiger partial charge in [0.05, 0.1) is 7.11 Å². The minimum absolute atomic E-state index is 0.0528. The predicted octanol–water partition coefficient (Wildman–Crippen LogP) is 4.46. The topological polar surface area (TPSA) is 44.5 Å². The fourth-order valence-corrected chi connectivity index (χ4v) is 2.36. The Morgan fingerprint density at radius 1 is 1.05 bits per heavy atom. The van der Waals surface area contributed by atoms with Crippen molar-refractivity contribution in [2.75, 3.05) is 7.11 Å². The molecule has 2 rings (SSSR count). The molecule has 118 valence electrons. The summed E-state index contributed by atoms with van der Waals surface area (Å²) in [6.07, 6.45) is 3.28. The van der Waals surface area contributed by atoms with Gasteiger partial charge in [-0.25, -0.2) is 0 Å². The number of unbranched alkanes of at least 4 members (excludes halogenated alkanes) is 1. The summed E-state index contributed by atoms with van der Waals surface area (Å²) in [5.74, 6) is 1.48. The molecule has 0 bridgehead atoms. The molecule has 2 aromatic carbocycles. The number of methoxy groups -OCH3 is 1. The van der Waals surface area contributed by atoms with E-state index >= 15 is 0 Å². The Labute approximate surface area is 133 Å². The van der Waals surface area contributed by atoms with Crippen molar-refractivity contribution in [3.63, 3.8) is 0 Å². The lowest BCUT2D eigenvalue weighted by molar-refractivity contribution is 0.284. The van der Waals surface area contributed by atoms with E-state index in [1.807, 2.05) is 48.5 Å². The fourth-order valence-electron chi connectivity index (χ4n) is 2.36. The Balaban J connectivity index is 2.05. The van der Waals surface area contributed by atoms with Crippen molar-refractivity contribution in [2.24, 2.45) is 5.73 Å². The van der Waals surface area contributed by atoms with Crippen LogP contribution in [0.15, 0.2) is 48.5 Å². The number of hydrogen-bond acceptors (Lipinski definition) is 3. The normalized spacial score (nSPS) is 12.0. The second-order valence-electron chi connectivity index (χ2n) is 5.43. The molecule has 3 nitrogen and oxygen atoms in total. The summed E-state index contributed by atoms with van der Waals surface area (Å²) >= 11 is 0. The molecular weight excluding hydrogens is 274 g/mol. The standard InChI is InChI=1S/C19H25NO2/c1-3-4-10-17(20)16-11-12-18(19(13-16)21-2)22-14-15-8-6-5-7-9-15/h5-9,11-13,17H,3-4,10,14,20H2,1-2H3/t17-/m1/s1. The SMILES string of the molecule is CCCC[C@@H](N)c1ccc(OCc2ccccc2)c(OC)c1. The van der Waals surface area contributed by atoms with E-state index in [0.717, 1.165) is 41.9 Å². The van der Waals surface area contributed by atoms with Gasteiger partial charge in [0.15, 0.2) is 11.5 Å². The highest BCUT2D eigenvalue weighted by molar-refractivity contribution is 5.44. The third-order valence-corrected chi connectivity index (χ3v) is 3.72. The van der Waals surface area contributed by atoms with Crippen molar-refractivity contribution >= 4 is 0 Å². The lowest BCUT2D eigenvalue weighted by Gasteiger charge is -2.16. The molecule has 3 heteroatoms. The van der Waals surface area contributed by atoms with Crippen LogP contribution >= 0.6 is 0 Å². The van der Waals surface area contributed by atoms with Crippen LogP contribution in [0, 0.1) is 0 Å². The van der Waals surface area contributed by atoms with E-state index < -0.39 is 0 Å². The number of ether oxygens (including phenoxy) is 2. The molecule has 0 aromatic heterocycles. The quantitative estimate of drug-likeness (QED) is 0.782. The van der Waals surface area contributed by atoms with Crippen molar-refractivity contribution in [1.82, 2.24) is 0 Å². The molecular formula is C19H25NO2. The van der Waals surface area contributed by atoms with Gasteiger partial charge in [-0.05, 0) is 29.7 Å². The molecule has 0 fully saturated rings. The van der Waals surface area contributed by atoms with Gasteiger partial charge >= 0.3 is 0 Å². The van der Waals surface area contributed by atoms with Gasteiger partial charge in [-0.2, -0.15) is 0 Å². The van der Waals surface area contributed by atoms with Gasteiger partial charge in [-0.1, -0.05) is 56.2 Å². The number of benzene rings is 2. The highest BCUT2D eigenvalue weighted by atomic mass is 16.5. The molecule has 0 radical (unpaired) electrons. The van der Waals surface area contributed by atoms with E-state index in [4.69, 9.17) is 15.2 Å². The van der Waals surface area contributed by atoms with Crippen LogP contribution in [-0.4, -0.2) is 7.11 Å². The van der Waals surface area contributed by atoms with Crippen LogP contribution in [0.1, 0.15) is 43.4 Å². The van der Waals surface area contributed by atoms with Crippen LogP contribution in [0.3, 0.4) is 0 Å². The van der Waals surface area contributed by atoms with Gasteiger partial charge in [-0.15, -0.1) is 0 Å². The summed E-state index contributed by atoms with van der Waals surface area (Å²) in [7, 11) is 1.66. The molecule has 0 spiro atoms. The Bertz CT molecular complexity index is 569. The largest absolute Gasteiger partial charge is 0.493 e.